The van der Waals surface area contributed by atoms with Gasteiger partial charge in [-0.25, -0.2) is 0 Å². The lowest BCUT2D eigenvalue weighted by Gasteiger charge is -2.40. The predicted molar refractivity (Wildman–Crippen MR) is 88.6 cm³/mol. The van der Waals surface area contributed by atoms with E-state index in [-0.39, 0.29) is 12.1 Å². The van der Waals surface area contributed by atoms with Gasteiger partial charge in [0.1, 0.15) is 5.75 Å². The number of ether oxygens (including phenoxy) is 1. The molecule has 1 aromatic rings. The first-order valence-corrected chi connectivity index (χ1v) is 8.29. The molecule has 1 aromatic carbocycles. The largest absolute Gasteiger partial charge is 0.496 e. The highest BCUT2D eigenvalue weighted by Gasteiger charge is 2.38. The summed E-state index contributed by atoms with van der Waals surface area (Å²) in [6.45, 7) is 6.79. The van der Waals surface area contributed by atoms with Crippen LogP contribution in [0.1, 0.15) is 58.1 Å². The van der Waals surface area contributed by atoms with E-state index in [0.717, 1.165) is 12.2 Å². The van der Waals surface area contributed by atoms with Crippen molar-refractivity contribution < 1.29 is 4.74 Å². The van der Waals surface area contributed by atoms with Crippen LogP contribution in [-0.2, 0) is 0 Å². The van der Waals surface area contributed by atoms with Crippen LogP contribution in [0.3, 0.4) is 0 Å². The zero-order chi connectivity index (χ0) is 15.4. The Hall–Kier alpha value is -1.06. The van der Waals surface area contributed by atoms with Gasteiger partial charge in [-0.05, 0) is 38.7 Å². The van der Waals surface area contributed by atoms with Crippen molar-refractivity contribution in [2.24, 2.45) is 5.73 Å². The monoisotopic (exact) mass is 290 g/mol. The van der Waals surface area contributed by atoms with Gasteiger partial charge in [-0.3, -0.25) is 4.90 Å². The van der Waals surface area contributed by atoms with Gasteiger partial charge in [0, 0.05) is 23.7 Å². The van der Waals surface area contributed by atoms with Crippen molar-refractivity contribution in [3.8, 4) is 5.75 Å². The molecule has 3 nitrogen and oxygen atoms in total. The minimum atomic E-state index is 0.135. The fraction of sp³-hybridized carbons (Fsp3) is 0.667. The summed E-state index contributed by atoms with van der Waals surface area (Å²) in [4.78, 5) is 2.64. The molecule has 0 aliphatic carbocycles. The highest BCUT2D eigenvalue weighted by atomic mass is 16.5. The molecule has 0 radical (unpaired) electrons. The van der Waals surface area contributed by atoms with Gasteiger partial charge in [0.15, 0.2) is 0 Å². The van der Waals surface area contributed by atoms with Crippen LogP contribution in [0.15, 0.2) is 24.3 Å². The molecule has 118 valence electrons. The molecule has 0 bridgehead atoms. The fourth-order valence-electron chi connectivity index (χ4n) is 3.75. The summed E-state index contributed by atoms with van der Waals surface area (Å²) in [6.07, 6.45) is 4.70. The third-order valence-corrected chi connectivity index (χ3v) is 4.98. The number of rotatable bonds is 6. The van der Waals surface area contributed by atoms with Gasteiger partial charge in [-0.15, -0.1) is 0 Å². The normalized spacial score (nSPS) is 25.8. The molecule has 0 spiro atoms. The van der Waals surface area contributed by atoms with Crippen LogP contribution in [0.25, 0.3) is 0 Å². The van der Waals surface area contributed by atoms with Crippen LogP contribution in [0, 0.1) is 0 Å². The summed E-state index contributed by atoms with van der Waals surface area (Å²) in [5, 5.41) is 0. The summed E-state index contributed by atoms with van der Waals surface area (Å²) >= 11 is 0. The van der Waals surface area contributed by atoms with E-state index in [1.807, 2.05) is 12.1 Å². The van der Waals surface area contributed by atoms with E-state index >= 15 is 0 Å². The summed E-state index contributed by atoms with van der Waals surface area (Å²) in [5.41, 5.74) is 7.77. The number of para-hydroxylation sites is 1. The maximum absolute atomic E-state index is 6.53. The Balaban J connectivity index is 2.43. The quantitative estimate of drug-likeness (QED) is 0.867. The number of nitrogens with two attached hydrogens (primary N) is 1. The summed E-state index contributed by atoms with van der Waals surface area (Å²) in [6, 6.07) is 9.94. The van der Waals surface area contributed by atoms with Crippen LogP contribution < -0.4 is 10.5 Å². The lowest BCUT2D eigenvalue weighted by molar-refractivity contribution is 0.110. The maximum atomic E-state index is 6.53. The second kappa shape index (κ2) is 7.28. The number of likely N-dealkylation sites (tertiary alicyclic amines) is 1. The van der Waals surface area contributed by atoms with Gasteiger partial charge in [0.05, 0.1) is 13.2 Å². The first kappa shape index (κ1) is 16.3. The maximum Gasteiger partial charge on any atom is 0.123 e. The van der Waals surface area contributed by atoms with E-state index in [4.69, 9.17) is 10.5 Å². The Morgan fingerprint density at radius 1 is 1.29 bits per heavy atom. The highest BCUT2D eigenvalue weighted by molar-refractivity contribution is 5.37. The van der Waals surface area contributed by atoms with E-state index in [1.165, 1.54) is 24.8 Å². The molecule has 1 aliphatic rings. The van der Waals surface area contributed by atoms with Crippen molar-refractivity contribution in [2.75, 3.05) is 7.11 Å². The first-order valence-electron chi connectivity index (χ1n) is 8.29. The summed E-state index contributed by atoms with van der Waals surface area (Å²) in [5.74, 6) is 0.959. The standard InChI is InChI=1S/C18H30N2O/c1-5-14-12-11-13(3)20(14)18(16(19)6-2)15-9-7-8-10-17(15)21-4/h7-10,13-14,16,18H,5-6,11-12,19H2,1-4H3. The molecule has 4 unspecified atom stereocenters. The van der Waals surface area contributed by atoms with Crippen LogP contribution >= 0.6 is 0 Å². The Labute approximate surface area is 129 Å². The van der Waals surface area contributed by atoms with Gasteiger partial charge in [-0.1, -0.05) is 32.0 Å². The van der Waals surface area contributed by atoms with E-state index in [0.29, 0.717) is 12.1 Å². The molecule has 3 heteroatoms. The van der Waals surface area contributed by atoms with Gasteiger partial charge in [-0.2, -0.15) is 0 Å². The molecule has 0 amide bonds. The van der Waals surface area contributed by atoms with Crippen LogP contribution in [-0.4, -0.2) is 30.1 Å². The number of methoxy groups -OCH3 is 1. The average molecular weight is 290 g/mol. The van der Waals surface area contributed by atoms with Crippen LogP contribution in [0.5, 0.6) is 5.75 Å². The van der Waals surface area contributed by atoms with Crippen LogP contribution in [0.4, 0.5) is 0 Å². The van der Waals surface area contributed by atoms with Crippen molar-refractivity contribution in [1.82, 2.24) is 4.90 Å². The Kier molecular flexibility index (Phi) is 5.65. The van der Waals surface area contributed by atoms with Crippen molar-refractivity contribution in [3.63, 3.8) is 0 Å². The minimum absolute atomic E-state index is 0.135. The fourth-order valence-corrected chi connectivity index (χ4v) is 3.75. The molecular formula is C18H30N2O. The molecule has 2 rings (SSSR count). The SMILES string of the molecule is CCC(N)C(c1ccccc1OC)N1C(C)CCC1CC. The zero-order valence-corrected chi connectivity index (χ0v) is 13.9. The van der Waals surface area contributed by atoms with Crippen LogP contribution in [0.2, 0.25) is 0 Å². The molecule has 21 heavy (non-hydrogen) atoms. The smallest absolute Gasteiger partial charge is 0.123 e. The van der Waals surface area contributed by atoms with Gasteiger partial charge in [0.2, 0.25) is 0 Å². The van der Waals surface area contributed by atoms with Crippen molar-refractivity contribution in [1.29, 1.82) is 0 Å². The topological polar surface area (TPSA) is 38.5 Å². The molecule has 1 heterocycles. The third-order valence-electron chi connectivity index (χ3n) is 4.98. The third kappa shape index (κ3) is 3.24. The average Bonchev–Trinajstić information content (AvgIpc) is 2.89. The van der Waals surface area contributed by atoms with Crippen molar-refractivity contribution in [2.45, 2.75) is 70.6 Å². The van der Waals surface area contributed by atoms with Gasteiger partial charge in [0.25, 0.3) is 0 Å². The second-order valence-electron chi connectivity index (χ2n) is 6.19. The van der Waals surface area contributed by atoms with Gasteiger partial charge < -0.3 is 10.5 Å². The molecule has 1 saturated heterocycles. The predicted octanol–water partition coefficient (Wildman–Crippen LogP) is 3.74. The summed E-state index contributed by atoms with van der Waals surface area (Å²) in [7, 11) is 1.75. The van der Waals surface area contributed by atoms with Crippen molar-refractivity contribution >= 4 is 0 Å². The number of nitrogens with zero attached hydrogens (tertiary/aromatic N) is 1. The molecule has 0 saturated carbocycles. The Morgan fingerprint density at radius 3 is 2.62 bits per heavy atom. The summed E-state index contributed by atoms with van der Waals surface area (Å²) < 4.78 is 5.60. The lowest BCUT2D eigenvalue weighted by atomic mass is 9.93. The molecule has 2 N–H and O–H groups in total. The van der Waals surface area contributed by atoms with E-state index in [1.54, 1.807) is 7.11 Å². The van der Waals surface area contributed by atoms with E-state index < -0.39 is 0 Å². The highest BCUT2D eigenvalue weighted by Crippen LogP contribution is 2.40. The number of hydrogen-bond acceptors (Lipinski definition) is 3. The number of hydrogen-bond donors (Lipinski definition) is 1. The van der Waals surface area contributed by atoms with Crippen molar-refractivity contribution in [3.05, 3.63) is 29.8 Å². The number of benzene rings is 1. The molecule has 4 atom stereocenters. The molecule has 1 aliphatic heterocycles. The molecule has 0 aromatic heterocycles. The minimum Gasteiger partial charge on any atom is -0.496 e. The second-order valence-corrected chi connectivity index (χ2v) is 6.19. The Morgan fingerprint density at radius 2 is 2.00 bits per heavy atom. The zero-order valence-electron chi connectivity index (χ0n) is 13.9. The van der Waals surface area contributed by atoms with Gasteiger partial charge >= 0.3 is 0 Å². The lowest BCUT2D eigenvalue weighted by Crippen LogP contribution is -2.46. The Bertz CT molecular complexity index is 449. The van der Waals surface area contributed by atoms with E-state index in [2.05, 4.69) is 37.8 Å². The molecule has 1 fully saturated rings. The molecular weight excluding hydrogens is 260 g/mol. The van der Waals surface area contributed by atoms with E-state index in [9.17, 15) is 0 Å². The first-order chi connectivity index (χ1) is 10.1.